The molecule has 4 nitrogen and oxygen atoms in total. The third kappa shape index (κ3) is 4.61. The van der Waals surface area contributed by atoms with Crippen LogP contribution in [-0.4, -0.2) is 16.9 Å². The van der Waals surface area contributed by atoms with E-state index in [-0.39, 0.29) is 5.91 Å². The first-order valence-corrected chi connectivity index (χ1v) is 7.72. The second-order valence-electron chi connectivity index (χ2n) is 5.03. The fourth-order valence-corrected chi connectivity index (χ4v) is 2.38. The van der Waals surface area contributed by atoms with Gasteiger partial charge in [-0.25, -0.2) is 0 Å². The number of hydrogen-bond donors (Lipinski definition) is 2. The standard InChI is InChI=1S/C16H17Cl2N3O/c1-3-10(2)20-15-4-11(8-19-9-15)16(22)21-14-6-12(17)5-13(18)7-14/h4-10,20H,3H2,1-2H3,(H,21,22). The molecule has 0 aliphatic heterocycles. The Bertz CT molecular complexity index is 656. The highest BCUT2D eigenvalue weighted by Crippen LogP contribution is 2.23. The average Bonchev–Trinajstić information content (AvgIpc) is 2.46. The molecule has 0 saturated carbocycles. The van der Waals surface area contributed by atoms with Gasteiger partial charge in [-0.2, -0.15) is 0 Å². The first-order valence-electron chi connectivity index (χ1n) is 6.97. The van der Waals surface area contributed by atoms with E-state index < -0.39 is 0 Å². The van der Waals surface area contributed by atoms with Gasteiger partial charge in [-0.1, -0.05) is 30.1 Å². The lowest BCUT2D eigenvalue weighted by molar-refractivity contribution is 0.102. The number of nitrogens with one attached hydrogen (secondary N) is 2. The number of amides is 1. The first-order chi connectivity index (χ1) is 10.5. The summed E-state index contributed by atoms with van der Waals surface area (Å²) < 4.78 is 0. The number of pyridine rings is 1. The molecule has 2 aromatic rings. The van der Waals surface area contributed by atoms with E-state index in [0.717, 1.165) is 12.1 Å². The van der Waals surface area contributed by atoms with Crippen molar-refractivity contribution in [2.24, 2.45) is 0 Å². The Balaban J connectivity index is 2.13. The van der Waals surface area contributed by atoms with E-state index in [1.165, 1.54) is 6.20 Å². The highest BCUT2D eigenvalue weighted by molar-refractivity contribution is 6.35. The van der Waals surface area contributed by atoms with Crippen molar-refractivity contribution >= 4 is 40.5 Å². The van der Waals surface area contributed by atoms with Gasteiger partial charge >= 0.3 is 0 Å². The van der Waals surface area contributed by atoms with Crippen molar-refractivity contribution in [3.05, 3.63) is 52.3 Å². The molecule has 1 unspecified atom stereocenters. The lowest BCUT2D eigenvalue weighted by atomic mass is 10.2. The average molecular weight is 338 g/mol. The maximum Gasteiger partial charge on any atom is 0.257 e. The minimum atomic E-state index is -0.265. The molecule has 6 heteroatoms. The van der Waals surface area contributed by atoms with Gasteiger partial charge in [-0.15, -0.1) is 0 Å². The van der Waals surface area contributed by atoms with E-state index in [1.54, 1.807) is 30.5 Å². The molecule has 22 heavy (non-hydrogen) atoms. The summed E-state index contributed by atoms with van der Waals surface area (Å²) in [5.74, 6) is -0.265. The molecule has 2 rings (SSSR count). The van der Waals surface area contributed by atoms with E-state index in [4.69, 9.17) is 23.2 Å². The van der Waals surface area contributed by atoms with Crippen LogP contribution in [0.5, 0.6) is 0 Å². The number of nitrogens with zero attached hydrogens (tertiary/aromatic N) is 1. The zero-order valence-electron chi connectivity index (χ0n) is 12.4. The summed E-state index contributed by atoms with van der Waals surface area (Å²) in [4.78, 5) is 16.4. The van der Waals surface area contributed by atoms with E-state index in [2.05, 4.69) is 29.5 Å². The Morgan fingerprint density at radius 1 is 1.14 bits per heavy atom. The summed E-state index contributed by atoms with van der Waals surface area (Å²) in [5.41, 5.74) is 1.82. The van der Waals surface area contributed by atoms with Crippen molar-refractivity contribution < 1.29 is 4.79 Å². The Kier molecular flexibility index (Phi) is 5.63. The van der Waals surface area contributed by atoms with Crippen molar-refractivity contribution in [3.8, 4) is 0 Å². The Morgan fingerprint density at radius 2 is 1.82 bits per heavy atom. The van der Waals surface area contributed by atoms with Crippen molar-refractivity contribution in [2.75, 3.05) is 10.6 Å². The Hall–Kier alpha value is -1.78. The van der Waals surface area contributed by atoms with Crippen LogP contribution >= 0.6 is 23.2 Å². The summed E-state index contributed by atoms with van der Waals surface area (Å²) in [6.45, 7) is 4.16. The molecule has 1 amide bonds. The van der Waals surface area contributed by atoms with Gasteiger partial charge in [-0.05, 0) is 37.6 Å². The van der Waals surface area contributed by atoms with Crippen molar-refractivity contribution in [1.29, 1.82) is 0 Å². The summed E-state index contributed by atoms with van der Waals surface area (Å²) in [6.07, 6.45) is 4.19. The third-order valence-corrected chi connectivity index (χ3v) is 3.58. The molecule has 1 heterocycles. The number of aromatic nitrogens is 1. The summed E-state index contributed by atoms with van der Waals surface area (Å²) in [5, 5.41) is 6.97. The largest absolute Gasteiger partial charge is 0.381 e. The molecule has 0 aliphatic rings. The monoisotopic (exact) mass is 337 g/mol. The molecular weight excluding hydrogens is 321 g/mol. The van der Waals surface area contributed by atoms with E-state index in [9.17, 15) is 4.79 Å². The highest BCUT2D eigenvalue weighted by atomic mass is 35.5. The van der Waals surface area contributed by atoms with Gasteiger partial charge in [0, 0.05) is 34.2 Å². The van der Waals surface area contributed by atoms with Gasteiger partial charge < -0.3 is 10.6 Å². The molecular formula is C16H17Cl2N3O. The van der Waals surface area contributed by atoms with Gasteiger partial charge in [0.25, 0.3) is 5.91 Å². The molecule has 1 atom stereocenters. The smallest absolute Gasteiger partial charge is 0.257 e. The summed E-state index contributed by atoms with van der Waals surface area (Å²) >= 11 is 11.8. The van der Waals surface area contributed by atoms with Crippen LogP contribution in [0.2, 0.25) is 10.0 Å². The maximum atomic E-state index is 12.3. The van der Waals surface area contributed by atoms with Crippen LogP contribution in [0, 0.1) is 0 Å². The van der Waals surface area contributed by atoms with Crippen LogP contribution in [0.15, 0.2) is 36.7 Å². The molecule has 1 aromatic heterocycles. The van der Waals surface area contributed by atoms with Crippen LogP contribution in [-0.2, 0) is 0 Å². The number of carbonyl (C=O) groups is 1. The lowest BCUT2D eigenvalue weighted by Crippen LogP contribution is -2.16. The molecule has 0 aliphatic carbocycles. The fourth-order valence-electron chi connectivity index (χ4n) is 1.86. The fraction of sp³-hybridized carbons (Fsp3) is 0.250. The second-order valence-corrected chi connectivity index (χ2v) is 5.90. The molecule has 0 saturated heterocycles. The zero-order valence-corrected chi connectivity index (χ0v) is 13.9. The summed E-state index contributed by atoms with van der Waals surface area (Å²) in [7, 11) is 0. The van der Waals surface area contributed by atoms with Gasteiger partial charge in [-0.3, -0.25) is 9.78 Å². The quantitative estimate of drug-likeness (QED) is 0.819. The molecule has 0 spiro atoms. The van der Waals surface area contributed by atoms with Crippen molar-refractivity contribution in [3.63, 3.8) is 0 Å². The molecule has 0 bridgehead atoms. The van der Waals surface area contributed by atoms with Crippen molar-refractivity contribution in [1.82, 2.24) is 4.98 Å². The van der Waals surface area contributed by atoms with Crippen LogP contribution in [0.25, 0.3) is 0 Å². The maximum absolute atomic E-state index is 12.3. The van der Waals surface area contributed by atoms with Gasteiger partial charge in [0.1, 0.15) is 0 Å². The number of carbonyl (C=O) groups excluding carboxylic acids is 1. The van der Waals surface area contributed by atoms with Gasteiger partial charge in [0.05, 0.1) is 11.3 Å². The molecule has 0 fully saturated rings. The van der Waals surface area contributed by atoms with Crippen LogP contribution < -0.4 is 10.6 Å². The lowest BCUT2D eigenvalue weighted by Gasteiger charge is -2.13. The second kappa shape index (κ2) is 7.47. The minimum Gasteiger partial charge on any atom is -0.381 e. The van der Waals surface area contributed by atoms with Crippen molar-refractivity contribution in [2.45, 2.75) is 26.3 Å². The van der Waals surface area contributed by atoms with Crippen LogP contribution in [0.1, 0.15) is 30.6 Å². The zero-order chi connectivity index (χ0) is 16.1. The third-order valence-electron chi connectivity index (χ3n) is 3.15. The number of hydrogen-bond acceptors (Lipinski definition) is 3. The van der Waals surface area contributed by atoms with E-state index >= 15 is 0 Å². The predicted octanol–water partition coefficient (Wildman–Crippen LogP) is 4.85. The van der Waals surface area contributed by atoms with Gasteiger partial charge in [0.15, 0.2) is 0 Å². The summed E-state index contributed by atoms with van der Waals surface area (Å²) in [6, 6.07) is 6.96. The predicted molar refractivity (Wildman–Crippen MR) is 92.0 cm³/mol. The minimum absolute atomic E-state index is 0.265. The number of halogens is 2. The topological polar surface area (TPSA) is 54.0 Å². The Morgan fingerprint density at radius 3 is 2.45 bits per heavy atom. The van der Waals surface area contributed by atoms with E-state index in [1.807, 2.05) is 0 Å². The number of benzene rings is 1. The van der Waals surface area contributed by atoms with E-state index in [0.29, 0.717) is 27.3 Å². The molecule has 2 N–H and O–H groups in total. The highest BCUT2D eigenvalue weighted by Gasteiger charge is 2.09. The first kappa shape index (κ1) is 16.6. The molecule has 116 valence electrons. The number of rotatable bonds is 5. The molecule has 0 radical (unpaired) electrons. The Labute approximate surface area is 139 Å². The number of anilines is 2. The normalized spacial score (nSPS) is 11.8. The van der Waals surface area contributed by atoms with Crippen LogP contribution in [0.4, 0.5) is 11.4 Å². The molecule has 1 aromatic carbocycles. The van der Waals surface area contributed by atoms with Gasteiger partial charge in [0.2, 0.25) is 0 Å². The SMILES string of the molecule is CCC(C)Nc1cncc(C(=O)Nc2cc(Cl)cc(Cl)c2)c1. The van der Waals surface area contributed by atoms with Crippen LogP contribution in [0.3, 0.4) is 0 Å².